The van der Waals surface area contributed by atoms with E-state index in [1.165, 1.54) is 30.3 Å². The van der Waals surface area contributed by atoms with E-state index in [1.807, 2.05) is 0 Å². The Morgan fingerprint density at radius 2 is 1.70 bits per heavy atom. The summed E-state index contributed by atoms with van der Waals surface area (Å²) >= 11 is 0. The molecule has 12 heteroatoms. The Hall–Kier alpha value is -4.29. The number of esters is 1. The highest BCUT2D eigenvalue weighted by molar-refractivity contribution is 5.96. The number of carbonyl (C=O) groups is 2. The highest BCUT2D eigenvalue weighted by Crippen LogP contribution is 2.30. The van der Waals surface area contributed by atoms with Gasteiger partial charge in [0, 0.05) is 17.2 Å². The molecule has 1 aliphatic rings. The van der Waals surface area contributed by atoms with Crippen molar-refractivity contribution in [1.29, 1.82) is 0 Å². The van der Waals surface area contributed by atoms with Crippen LogP contribution in [0.4, 0.5) is 23.7 Å². The molecule has 3 aromatic carbocycles. The van der Waals surface area contributed by atoms with E-state index in [4.69, 9.17) is 23.7 Å². The summed E-state index contributed by atoms with van der Waals surface area (Å²) in [7, 11) is 1.24. The average molecular weight is 617 g/mol. The molecule has 0 radical (unpaired) electrons. The van der Waals surface area contributed by atoms with Crippen molar-refractivity contribution in [2.45, 2.75) is 58.7 Å². The molecule has 3 aromatic rings. The van der Waals surface area contributed by atoms with Crippen molar-refractivity contribution >= 4 is 17.7 Å². The smallest absolute Gasteiger partial charge is 0.429 e. The Balaban J connectivity index is 1.60. The monoisotopic (exact) mass is 616 g/mol. The van der Waals surface area contributed by atoms with E-state index in [-0.39, 0.29) is 36.6 Å². The normalized spacial score (nSPS) is 15.9. The Kier molecular flexibility index (Phi) is 9.75. The maximum absolute atomic E-state index is 14.2. The molecule has 0 aliphatic carbocycles. The van der Waals surface area contributed by atoms with Gasteiger partial charge < -0.3 is 23.7 Å². The molecule has 1 saturated heterocycles. The molecule has 1 aliphatic heterocycles. The van der Waals surface area contributed by atoms with Crippen LogP contribution >= 0.6 is 0 Å². The molecule has 9 nitrogen and oxygen atoms in total. The number of rotatable bonds is 9. The van der Waals surface area contributed by atoms with Gasteiger partial charge in [-0.1, -0.05) is 24.3 Å². The highest BCUT2D eigenvalue weighted by atomic mass is 19.2. The van der Waals surface area contributed by atoms with Crippen LogP contribution in [0, 0.1) is 17.5 Å². The number of benzene rings is 3. The molecular formula is C32H35F3N2O7. The van der Waals surface area contributed by atoms with Crippen LogP contribution in [0.25, 0.3) is 11.1 Å². The fourth-order valence-corrected chi connectivity index (χ4v) is 4.44. The van der Waals surface area contributed by atoms with E-state index >= 15 is 0 Å². The van der Waals surface area contributed by atoms with E-state index in [0.29, 0.717) is 22.9 Å². The Labute approximate surface area is 253 Å². The van der Waals surface area contributed by atoms with Gasteiger partial charge in [0.1, 0.15) is 29.9 Å². The summed E-state index contributed by atoms with van der Waals surface area (Å²) in [4.78, 5) is 26.0. The van der Waals surface area contributed by atoms with Gasteiger partial charge in [-0.3, -0.25) is 5.43 Å². The summed E-state index contributed by atoms with van der Waals surface area (Å²) in [5, 5.41) is 1.21. The van der Waals surface area contributed by atoms with Crippen molar-refractivity contribution in [2.24, 2.45) is 0 Å². The van der Waals surface area contributed by atoms with Gasteiger partial charge >= 0.3 is 12.1 Å². The van der Waals surface area contributed by atoms with E-state index in [1.54, 1.807) is 58.9 Å². The molecule has 1 N–H and O–H groups in total. The van der Waals surface area contributed by atoms with Crippen molar-refractivity contribution in [3.63, 3.8) is 0 Å². The molecule has 0 saturated carbocycles. The summed E-state index contributed by atoms with van der Waals surface area (Å²) in [5.41, 5.74) is 3.29. The molecule has 1 atom stereocenters. The van der Waals surface area contributed by atoms with E-state index < -0.39 is 47.0 Å². The van der Waals surface area contributed by atoms with Crippen molar-refractivity contribution in [3.8, 4) is 16.9 Å². The molecular weight excluding hydrogens is 581 g/mol. The summed E-state index contributed by atoms with van der Waals surface area (Å²) in [6, 6.07) is 12.2. The van der Waals surface area contributed by atoms with Gasteiger partial charge in [-0.25, -0.2) is 27.8 Å². The van der Waals surface area contributed by atoms with E-state index in [2.05, 4.69) is 5.43 Å². The predicted molar refractivity (Wildman–Crippen MR) is 155 cm³/mol. The number of hydrogen-bond acceptors (Lipinski definition) is 8. The molecule has 1 fully saturated rings. The van der Waals surface area contributed by atoms with Crippen molar-refractivity contribution < 1.29 is 46.4 Å². The van der Waals surface area contributed by atoms with E-state index in [9.17, 15) is 22.8 Å². The van der Waals surface area contributed by atoms with Crippen LogP contribution in [0.1, 0.15) is 50.5 Å². The number of amides is 1. The minimum absolute atomic E-state index is 0.0240. The van der Waals surface area contributed by atoms with Crippen LogP contribution in [-0.2, 0) is 25.6 Å². The van der Waals surface area contributed by atoms with Crippen LogP contribution in [-0.4, -0.2) is 54.8 Å². The number of hydrazine groups is 1. The highest BCUT2D eigenvalue weighted by Gasteiger charge is 2.36. The topological polar surface area (TPSA) is 95.6 Å². The molecule has 44 heavy (non-hydrogen) atoms. The largest absolute Gasteiger partial charge is 0.489 e. The standard InChI is InChI=1S/C32H35F3N2O7/c1-31(2,3)44-30(39)37(16-22-18-42-32(4,5)43-22)36-28-20(8-7-9-23(28)29(38)40-6)17-41-21-12-10-19(11-13-21)24-14-26(34)27(35)15-25(24)33/h7-15,22,36H,16-18H2,1-6H3. The number of para-hydroxylation sites is 1. The summed E-state index contributed by atoms with van der Waals surface area (Å²) < 4.78 is 69.4. The first-order chi connectivity index (χ1) is 20.7. The summed E-state index contributed by atoms with van der Waals surface area (Å²) in [6.45, 7) is 8.91. The average Bonchev–Trinajstić information content (AvgIpc) is 3.30. The zero-order valence-electron chi connectivity index (χ0n) is 25.3. The van der Waals surface area contributed by atoms with Gasteiger partial charge in [-0.15, -0.1) is 0 Å². The number of nitrogens with zero attached hydrogens (tertiary/aromatic N) is 1. The second kappa shape index (κ2) is 13.1. The Morgan fingerprint density at radius 1 is 1.02 bits per heavy atom. The fourth-order valence-electron chi connectivity index (χ4n) is 4.44. The lowest BCUT2D eigenvalue weighted by molar-refractivity contribution is -0.139. The zero-order chi connectivity index (χ0) is 32.2. The van der Waals surface area contributed by atoms with Crippen molar-refractivity contribution in [1.82, 2.24) is 5.01 Å². The number of hydrogen-bond donors (Lipinski definition) is 1. The molecule has 236 valence electrons. The number of methoxy groups -OCH3 is 1. The van der Waals surface area contributed by atoms with Gasteiger partial charge in [0.2, 0.25) is 0 Å². The summed E-state index contributed by atoms with van der Waals surface area (Å²) in [6.07, 6.45) is -1.20. The SMILES string of the molecule is COC(=O)c1cccc(COc2ccc(-c3cc(F)c(F)cc3F)cc2)c1NN(CC1COC(C)(C)O1)C(=O)OC(C)(C)C. The molecule has 0 spiro atoms. The third kappa shape index (κ3) is 8.20. The van der Waals surface area contributed by atoms with Crippen LogP contribution in [0.2, 0.25) is 0 Å². The van der Waals surface area contributed by atoms with Crippen LogP contribution in [0.5, 0.6) is 5.75 Å². The fraction of sp³-hybridized carbons (Fsp3) is 0.375. The number of halogens is 3. The molecule has 4 rings (SSSR count). The minimum atomic E-state index is -1.28. The molecule has 0 aromatic heterocycles. The van der Waals surface area contributed by atoms with Gasteiger partial charge in [-0.05, 0) is 64.4 Å². The zero-order valence-corrected chi connectivity index (χ0v) is 25.3. The van der Waals surface area contributed by atoms with Crippen LogP contribution < -0.4 is 10.2 Å². The quantitative estimate of drug-likeness (QED) is 0.158. The van der Waals surface area contributed by atoms with Gasteiger partial charge in [0.05, 0.1) is 31.5 Å². The van der Waals surface area contributed by atoms with Crippen LogP contribution in [0.3, 0.4) is 0 Å². The third-order valence-corrected chi connectivity index (χ3v) is 6.44. The minimum Gasteiger partial charge on any atom is -0.489 e. The number of ether oxygens (including phenoxy) is 5. The second-order valence-electron chi connectivity index (χ2n) is 11.5. The number of nitrogens with one attached hydrogen (secondary N) is 1. The lowest BCUT2D eigenvalue weighted by atomic mass is 10.0. The van der Waals surface area contributed by atoms with E-state index in [0.717, 1.165) is 6.07 Å². The van der Waals surface area contributed by atoms with Crippen LogP contribution in [0.15, 0.2) is 54.6 Å². The second-order valence-corrected chi connectivity index (χ2v) is 11.5. The van der Waals surface area contributed by atoms with Crippen molar-refractivity contribution in [2.75, 3.05) is 25.7 Å². The van der Waals surface area contributed by atoms with Gasteiger partial charge in [0.15, 0.2) is 17.4 Å². The third-order valence-electron chi connectivity index (χ3n) is 6.44. The molecule has 1 heterocycles. The first-order valence-corrected chi connectivity index (χ1v) is 13.8. The Morgan fingerprint density at radius 3 is 2.32 bits per heavy atom. The lowest BCUT2D eigenvalue weighted by Crippen LogP contribution is -2.45. The summed E-state index contributed by atoms with van der Waals surface area (Å²) in [5.74, 6) is -4.46. The van der Waals surface area contributed by atoms with Gasteiger partial charge in [0.25, 0.3) is 0 Å². The van der Waals surface area contributed by atoms with Gasteiger partial charge in [-0.2, -0.15) is 0 Å². The molecule has 1 amide bonds. The molecule has 1 unspecified atom stereocenters. The number of carbonyl (C=O) groups excluding carboxylic acids is 2. The first kappa shape index (κ1) is 32.6. The predicted octanol–water partition coefficient (Wildman–Crippen LogP) is 6.85. The molecule has 0 bridgehead atoms. The maximum atomic E-state index is 14.2. The Bertz CT molecular complexity index is 1510. The maximum Gasteiger partial charge on any atom is 0.429 e. The first-order valence-electron chi connectivity index (χ1n) is 13.8. The van der Waals surface area contributed by atoms with Crippen molar-refractivity contribution in [3.05, 3.63) is 83.2 Å². The lowest BCUT2D eigenvalue weighted by Gasteiger charge is -2.31. The number of anilines is 1.